The molecule has 4 heterocycles. The van der Waals surface area contributed by atoms with Crippen molar-refractivity contribution in [1.29, 1.82) is 0 Å². The van der Waals surface area contributed by atoms with Crippen molar-refractivity contribution < 1.29 is 13.9 Å². The minimum Gasteiger partial charge on any atom is -0.483 e. The Hall–Kier alpha value is -2.63. The van der Waals surface area contributed by atoms with Crippen LogP contribution >= 0.6 is 0 Å². The van der Waals surface area contributed by atoms with Crippen LogP contribution in [-0.2, 0) is 12.1 Å². The molecule has 1 amide bonds. The van der Waals surface area contributed by atoms with Gasteiger partial charge in [0, 0.05) is 25.1 Å². The second-order valence-electron chi connectivity index (χ2n) is 8.21. The maximum absolute atomic E-state index is 15.1. The topological polar surface area (TPSA) is 51.5 Å². The van der Waals surface area contributed by atoms with E-state index in [9.17, 15) is 9.59 Å². The zero-order valence-corrected chi connectivity index (χ0v) is 15.9. The van der Waals surface area contributed by atoms with Gasteiger partial charge in [-0.25, -0.2) is 4.39 Å². The average molecular weight is 382 g/mol. The number of halogens is 1. The number of hydrogen-bond acceptors (Lipinski definition) is 3. The average Bonchev–Trinajstić information content (AvgIpc) is 2.85. The quantitative estimate of drug-likeness (QED) is 0.817. The number of amides is 1. The zero-order valence-electron chi connectivity index (χ0n) is 15.9. The van der Waals surface area contributed by atoms with E-state index in [4.69, 9.17) is 4.74 Å². The van der Waals surface area contributed by atoms with Crippen LogP contribution in [0.2, 0.25) is 0 Å². The van der Waals surface area contributed by atoms with Gasteiger partial charge in [0.2, 0.25) is 5.43 Å². The number of pyridine rings is 1. The molecule has 6 heteroatoms. The molecule has 0 aliphatic carbocycles. The van der Waals surface area contributed by atoms with E-state index in [1.54, 1.807) is 11.8 Å². The van der Waals surface area contributed by atoms with E-state index in [-0.39, 0.29) is 29.4 Å². The summed E-state index contributed by atoms with van der Waals surface area (Å²) in [6.45, 7) is 3.01. The Morgan fingerprint density at radius 3 is 2.79 bits per heavy atom. The highest BCUT2D eigenvalue weighted by Crippen LogP contribution is 2.50. The SMILES string of the molecule is Cc1c2n3c(c(OCc4ccccc4)c1=O)C(=O)N1CCCCC3(CC2F)C1. The van der Waals surface area contributed by atoms with Gasteiger partial charge in [0.25, 0.3) is 5.91 Å². The van der Waals surface area contributed by atoms with Gasteiger partial charge >= 0.3 is 0 Å². The van der Waals surface area contributed by atoms with Gasteiger partial charge in [-0.2, -0.15) is 0 Å². The molecule has 146 valence electrons. The lowest BCUT2D eigenvalue weighted by Gasteiger charge is -2.42. The van der Waals surface area contributed by atoms with Crippen LogP contribution in [0.3, 0.4) is 0 Å². The third kappa shape index (κ3) is 2.36. The first kappa shape index (κ1) is 17.5. The maximum Gasteiger partial charge on any atom is 0.274 e. The molecular weight excluding hydrogens is 359 g/mol. The third-order valence-electron chi connectivity index (χ3n) is 6.46. The zero-order chi connectivity index (χ0) is 19.5. The number of ether oxygens (including phenoxy) is 1. The van der Waals surface area contributed by atoms with Gasteiger partial charge in [0.1, 0.15) is 12.8 Å². The van der Waals surface area contributed by atoms with E-state index in [1.165, 1.54) is 0 Å². The van der Waals surface area contributed by atoms with Gasteiger partial charge < -0.3 is 14.2 Å². The van der Waals surface area contributed by atoms with Crippen LogP contribution in [0.1, 0.15) is 59.2 Å². The monoisotopic (exact) mass is 382 g/mol. The Bertz CT molecular complexity index is 1020. The summed E-state index contributed by atoms with van der Waals surface area (Å²) in [5.41, 5.74) is 1.07. The Morgan fingerprint density at radius 1 is 1.21 bits per heavy atom. The lowest BCUT2D eigenvalue weighted by molar-refractivity contribution is 0.0568. The molecular formula is C22H23FN2O3. The Kier molecular flexibility index (Phi) is 3.86. The van der Waals surface area contributed by atoms with Gasteiger partial charge in [-0.3, -0.25) is 9.59 Å². The fourth-order valence-electron chi connectivity index (χ4n) is 5.17. The fraction of sp³-hybridized carbons (Fsp3) is 0.455. The molecule has 2 bridgehead atoms. The molecule has 5 nitrogen and oxygen atoms in total. The third-order valence-corrected chi connectivity index (χ3v) is 6.46. The van der Waals surface area contributed by atoms with E-state index in [2.05, 4.69) is 0 Å². The van der Waals surface area contributed by atoms with Crippen LogP contribution in [0, 0.1) is 6.92 Å². The second-order valence-corrected chi connectivity index (χ2v) is 8.21. The van der Waals surface area contributed by atoms with Gasteiger partial charge in [0.15, 0.2) is 11.4 Å². The number of rotatable bonds is 3. The van der Waals surface area contributed by atoms with Crippen molar-refractivity contribution in [2.75, 3.05) is 13.1 Å². The Balaban J connectivity index is 1.70. The predicted octanol–water partition coefficient (Wildman–Crippen LogP) is 3.49. The Morgan fingerprint density at radius 2 is 2.00 bits per heavy atom. The molecule has 1 aromatic carbocycles. The molecule has 2 aromatic rings. The van der Waals surface area contributed by atoms with Crippen LogP contribution in [0.5, 0.6) is 5.75 Å². The maximum atomic E-state index is 15.1. The summed E-state index contributed by atoms with van der Waals surface area (Å²) in [6, 6.07) is 9.53. The first-order valence-electron chi connectivity index (χ1n) is 9.92. The van der Waals surface area contributed by atoms with Gasteiger partial charge in [-0.15, -0.1) is 0 Å². The summed E-state index contributed by atoms with van der Waals surface area (Å²) >= 11 is 0. The number of benzene rings is 1. The number of aromatic nitrogens is 1. The second kappa shape index (κ2) is 6.19. The molecule has 3 aliphatic heterocycles. The van der Waals surface area contributed by atoms with Crippen molar-refractivity contribution >= 4 is 5.91 Å². The molecule has 2 unspecified atom stereocenters. The summed E-state index contributed by atoms with van der Waals surface area (Å²) in [7, 11) is 0. The molecule has 0 N–H and O–H groups in total. The Labute approximate surface area is 162 Å². The van der Waals surface area contributed by atoms with Crippen LogP contribution in [-0.4, -0.2) is 28.5 Å². The largest absolute Gasteiger partial charge is 0.483 e. The standard InChI is InChI=1S/C22H23FN2O3/c1-14-17-16(23)11-22-9-5-6-10-24(13-22)21(27)18(25(17)22)20(19(14)26)28-12-15-7-3-2-4-8-15/h2-4,7-8,16H,5-6,9-13H2,1H3. The van der Waals surface area contributed by atoms with Gasteiger partial charge in [-0.05, 0) is 31.7 Å². The molecule has 1 saturated heterocycles. The van der Waals surface area contributed by atoms with Crippen LogP contribution in [0.25, 0.3) is 0 Å². The van der Waals surface area contributed by atoms with Crippen LogP contribution in [0.4, 0.5) is 4.39 Å². The van der Waals surface area contributed by atoms with E-state index >= 15 is 4.39 Å². The van der Waals surface area contributed by atoms with Gasteiger partial charge in [-0.1, -0.05) is 30.3 Å². The van der Waals surface area contributed by atoms with Crippen molar-refractivity contribution in [3.05, 3.63) is 63.1 Å². The molecule has 3 aliphatic rings. The molecule has 28 heavy (non-hydrogen) atoms. The first-order chi connectivity index (χ1) is 13.5. The fourth-order valence-corrected chi connectivity index (χ4v) is 5.17. The van der Waals surface area contributed by atoms with Crippen molar-refractivity contribution in [1.82, 2.24) is 9.47 Å². The first-order valence-corrected chi connectivity index (χ1v) is 9.92. The number of carbonyl (C=O) groups excluding carboxylic acids is 1. The van der Waals surface area contributed by atoms with E-state index < -0.39 is 11.7 Å². The predicted molar refractivity (Wildman–Crippen MR) is 102 cm³/mol. The summed E-state index contributed by atoms with van der Waals surface area (Å²) in [5, 5.41) is 0. The summed E-state index contributed by atoms with van der Waals surface area (Å²) in [5.74, 6) is -0.145. The van der Waals surface area contributed by atoms with Crippen molar-refractivity contribution in [3.63, 3.8) is 0 Å². The van der Waals surface area contributed by atoms with Crippen molar-refractivity contribution in [3.8, 4) is 5.75 Å². The normalized spacial score (nSPS) is 25.4. The lowest BCUT2D eigenvalue weighted by atomic mass is 9.88. The molecule has 0 saturated carbocycles. The minimum absolute atomic E-state index is 0.0696. The van der Waals surface area contributed by atoms with Gasteiger partial charge in [0.05, 0.1) is 11.2 Å². The number of alkyl halides is 1. The lowest BCUT2D eigenvalue weighted by Crippen LogP contribution is -2.52. The summed E-state index contributed by atoms with van der Waals surface area (Å²) in [4.78, 5) is 28.1. The van der Waals surface area contributed by atoms with E-state index in [1.807, 2.05) is 34.9 Å². The van der Waals surface area contributed by atoms with E-state index in [0.29, 0.717) is 30.8 Å². The highest BCUT2D eigenvalue weighted by molar-refractivity contribution is 5.96. The minimum atomic E-state index is -1.22. The molecule has 1 aromatic heterocycles. The number of carbonyl (C=O) groups is 1. The molecule has 5 rings (SSSR count). The molecule has 0 radical (unpaired) electrons. The number of hydrogen-bond donors (Lipinski definition) is 0. The molecule has 2 atom stereocenters. The number of nitrogens with zero attached hydrogens (tertiary/aromatic N) is 2. The highest BCUT2D eigenvalue weighted by Gasteiger charge is 2.53. The van der Waals surface area contributed by atoms with Crippen molar-refractivity contribution in [2.45, 2.75) is 50.9 Å². The smallest absolute Gasteiger partial charge is 0.274 e. The van der Waals surface area contributed by atoms with Crippen LogP contribution < -0.4 is 10.2 Å². The van der Waals surface area contributed by atoms with Crippen molar-refractivity contribution in [2.24, 2.45) is 0 Å². The molecule has 1 spiro atoms. The van der Waals surface area contributed by atoms with E-state index in [0.717, 1.165) is 24.8 Å². The summed E-state index contributed by atoms with van der Waals surface area (Å²) in [6.07, 6.45) is 1.77. The molecule has 1 fully saturated rings. The summed E-state index contributed by atoms with van der Waals surface area (Å²) < 4.78 is 22.9. The van der Waals surface area contributed by atoms with Crippen LogP contribution in [0.15, 0.2) is 35.1 Å². The highest BCUT2D eigenvalue weighted by atomic mass is 19.1. The number of fused-ring (bicyclic) bond motifs is 1.